The van der Waals surface area contributed by atoms with Gasteiger partial charge in [-0.15, -0.1) is 0 Å². The summed E-state index contributed by atoms with van der Waals surface area (Å²) < 4.78 is 5.81. The first-order valence-corrected chi connectivity index (χ1v) is 7.12. The SMILES string of the molecule is CCC(C)NC(=NC)NC1C2CCOC2C1(C)C. The summed E-state index contributed by atoms with van der Waals surface area (Å²) >= 11 is 0. The average molecular weight is 253 g/mol. The first-order valence-electron chi connectivity index (χ1n) is 7.12. The summed E-state index contributed by atoms with van der Waals surface area (Å²) in [7, 11) is 1.84. The Hall–Kier alpha value is -0.770. The Kier molecular flexibility index (Phi) is 3.85. The Labute approximate surface area is 111 Å². The van der Waals surface area contributed by atoms with Crippen LogP contribution >= 0.6 is 0 Å². The lowest BCUT2D eigenvalue weighted by atomic mass is 9.57. The molecule has 104 valence electrons. The third-order valence-electron chi connectivity index (χ3n) is 4.61. The van der Waals surface area contributed by atoms with E-state index in [-0.39, 0.29) is 5.41 Å². The summed E-state index contributed by atoms with van der Waals surface area (Å²) in [5.74, 6) is 1.57. The smallest absolute Gasteiger partial charge is 0.191 e. The molecule has 18 heavy (non-hydrogen) atoms. The molecule has 4 heteroatoms. The Bertz CT molecular complexity index is 327. The minimum absolute atomic E-state index is 0.203. The second kappa shape index (κ2) is 5.08. The second-order valence-electron chi connectivity index (χ2n) is 6.21. The summed E-state index contributed by atoms with van der Waals surface area (Å²) in [5, 5.41) is 7.02. The topological polar surface area (TPSA) is 45.7 Å². The van der Waals surface area contributed by atoms with Crippen molar-refractivity contribution in [2.75, 3.05) is 13.7 Å². The average Bonchev–Trinajstić information content (AvgIpc) is 2.80. The van der Waals surface area contributed by atoms with Crippen LogP contribution in [0, 0.1) is 11.3 Å². The van der Waals surface area contributed by atoms with E-state index in [9.17, 15) is 0 Å². The van der Waals surface area contributed by atoms with E-state index in [0.29, 0.717) is 24.1 Å². The van der Waals surface area contributed by atoms with Crippen molar-refractivity contribution in [1.82, 2.24) is 10.6 Å². The summed E-state index contributed by atoms with van der Waals surface area (Å²) in [5.41, 5.74) is 0.203. The van der Waals surface area contributed by atoms with Gasteiger partial charge in [-0.2, -0.15) is 0 Å². The molecule has 4 unspecified atom stereocenters. The lowest BCUT2D eigenvalue weighted by molar-refractivity contribution is -0.106. The van der Waals surface area contributed by atoms with Gasteiger partial charge < -0.3 is 15.4 Å². The van der Waals surface area contributed by atoms with E-state index in [1.165, 1.54) is 6.42 Å². The predicted octanol–water partition coefficient (Wildman–Crippen LogP) is 1.76. The minimum atomic E-state index is 0.203. The van der Waals surface area contributed by atoms with Crippen molar-refractivity contribution in [3.05, 3.63) is 0 Å². The van der Waals surface area contributed by atoms with Gasteiger partial charge in [-0.05, 0) is 19.8 Å². The van der Waals surface area contributed by atoms with Crippen LogP contribution in [0.25, 0.3) is 0 Å². The molecule has 0 spiro atoms. The van der Waals surface area contributed by atoms with Gasteiger partial charge in [0.1, 0.15) is 0 Å². The van der Waals surface area contributed by atoms with E-state index in [1.807, 2.05) is 7.05 Å². The van der Waals surface area contributed by atoms with E-state index < -0.39 is 0 Å². The fourth-order valence-corrected chi connectivity index (χ4v) is 3.27. The first-order chi connectivity index (χ1) is 8.50. The highest BCUT2D eigenvalue weighted by molar-refractivity contribution is 5.80. The summed E-state index contributed by atoms with van der Waals surface area (Å²) in [6.45, 7) is 9.84. The van der Waals surface area contributed by atoms with Gasteiger partial charge in [-0.3, -0.25) is 4.99 Å². The Morgan fingerprint density at radius 3 is 2.83 bits per heavy atom. The highest BCUT2D eigenvalue weighted by Gasteiger charge is 2.59. The molecule has 1 saturated heterocycles. The van der Waals surface area contributed by atoms with E-state index in [4.69, 9.17) is 4.74 Å². The minimum Gasteiger partial charge on any atom is -0.377 e. The molecule has 1 heterocycles. The maximum atomic E-state index is 5.81. The predicted molar refractivity (Wildman–Crippen MR) is 74.8 cm³/mol. The van der Waals surface area contributed by atoms with Gasteiger partial charge in [0.15, 0.2) is 5.96 Å². The monoisotopic (exact) mass is 253 g/mol. The van der Waals surface area contributed by atoms with Crippen molar-refractivity contribution in [2.24, 2.45) is 16.3 Å². The quantitative estimate of drug-likeness (QED) is 0.595. The van der Waals surface area contributed by atoms with Crippen molar-refractivity contribution in [3.8, 4) is 0 Å². The Morgan fingerprint density at radius 2 is 2.22 bits per heavy atom. The third kappa shape index (κ3) is 2.22. The third-order valence-corrected chi connectivity index (χ3v) is 4.61. The maximum absolute atomic E-state index is 5.81. The highest BCUT2D eigenvalue weighted by Crippen LogP contribution is 2.52. The lowest BCUT2D eigenvalue weighted by Crippen LogP contribution is -2.68. The standard InChI is InChI=1S/C14H27N3O/c1-6-9(2)16-13(15-5)17-11-10-7-8-18-12(10)14(11,3)4/h9-12H,6-8H2,1-5H3,(H2,15,16,17). The maximum Gasteiger partial charge on any atom is 0.191 e. The second-order valence-corrected chi connectivity index (χ2v) is 6.21. The van der Waals surface area contributed by atoms with Crippen LogP contribution in [0.5, 0.6) is 0 Å². The highest BCUT2D eigenvalue weighted by atomic mass is 16.5. The zero-order chi connectivity index (χ0) is 13.3. The van der Waals surface area contributed by atoms with Gasteiger partial charge in [0.05, 0.1) is 6.10 Å². The number of hydrogen-bond acceptors (Lipinski definition) is 2. The molecule has 0 aromatic carbocycles. The molecule has 0 aromatic heterocycles. The Balaban J connectivity index is 1.96. The number of aliphatic imine (C=N–C) groups is 1. The van der Waals surface area contributed by atoms with Gasteiger partial charge in [0, 0.05) is 37.1 Å². The molecule has 0 bridgehead atoms. The zero-order valence-corrected chi connectivity index (χ0v) is 12.3. The van der Waals surface area contributed by atoms with Crippen LogP contribution in [-0.2, 0) is 4.74 Å². The van der Waals surface area contributed by atoms with Crippen molar-refractivity contribution < 1.29 is 4.74 Å². The van der Waals surface area contributed by atoms with E-state index in [0.717, 1.165) is 19.0 Å². The first kappa shape index (κ1) is 13.7. The number of ether oxygens (including phenoxy) is 1. The number of rotatable bonds is 3. The molecule has 4 atom stereocenters. The summed E-state index contributed by atoms with van der Waals surface area (Å²) in [6.07, 6.45) is 2.70. The molecule has 2 aliphatic rings. The molecule has 2 rings (SSSR count). The Morgan fingerprint density at radius 1 is 1.50 bits per heavy atom. The van der Waals surface area contributed by atoms with Gasteiger partial charge >= 0.3 is 0 Å². The lowest BCUT2D eigenvalue weighted by Gasteiger charge is -2.55. The van der Waals surface area contributed by atoms with Gasteiger partial charge in [-0.25, -0.2) is 0 Å². The van der Waals surface area contributed by atoms with Gasteiger partial charge in [0.25, 0.3) is 0 Å². The van der Waals surface area contributed by atoms with Crippen molar-refractivity contribution in [3.63, 3.8) is 0 Å². The van der Waals surface area contributed by atoms with Gasteiger partial charge in [0.2, 0.25) is 0 Å². The molecule has 0 amide bonds. The van der Waals surface area contributed by atoms with Crippen LogP contribution in [0.15, 0.2) is 4.99 Å². The van der Waals surface area contributed by atoms with Crippen LogP contribution in [0.1, 0.15) is 40.5 Å². The molecule has 0 radical (unpaired) electrons. The molecule has 2 fully saturated rings. The number of hydrogen-bond donors (Lipinski definition) is 2. The van der Waals surface area contributed by atoms with Crippen molar-refractivity contribution >= 4 is 5.96 Å². The zero-order valence-electron chi connectivity index (χ0n) is 12.3. The molecule has 1 saturated carbocycles. The molecule has 1 aliphatic heterocycles. The number of fused-ring (bicyclic) bond motifs is 1. The number of nitrogens with zero attached hydrogens (tertiary/aromatic N) is 1. The van der Waals surface area contributed by atoms with Crippen LogP contribution in [0.2, 0.25) is 0 Å². The van der Waals surface area contributed by atoms with Crippen molar-refractivity contribution in [2.45, 2.75) is 58.7 Å². The molecule has 0 aromatic rings. The van der Waals surface area contributed by atoms with E-state index >= 15 is 0 Å². The van der Waals surface area contributed by atoms with Crippen LogP contribution in [-0.4, -0.2) is 37.8 Å². The fourth-order valence-electron chi connectivity index (χ4n) is 3.27. The van der Waals surface area contributed by atoms with Crippen LogP contribution in [0.3, 0.4) is 0 Å². The van der Waals surface area contributed by atoms with Crippen molar-refractivity contribution in [1.29, 1.82) is 0 Å². The van der Waals surface area contributed by atoms with E-state index in [1.54, 1.807) is 0 Å². The van der Waals surface area contributed by atoms with E-state index in [2.05, 4.69) is 43.3 Å². The molecule has 4 nitrogen and oxygen atoms in total. The van der Waals surface area contributed by atoms with Crippen LogP contribution < -0.4 is 10.6 Å². The van der Waals surface area contributed by atoms with Gasteiger partial charge in [-0.1, -0.05) is 20.8 Å². The molecule has 2 N–H and O–H groups in total. The summed E-state index contributed by atoms with van der Waals surface area (Å²) in [6, 6.07) is 0.926. The normalized spacial score (nSPS) is 35.6. The molecular weight excluding hydrogens is 226 g/mol. The molecule has 1 aliphatic carbocycles. The summed E-state index contributed by atoms with van der Waals surface area (Å²) in [4.78, 5) is 4.33. The number of nitrogens with one attached hydrogen (secondary N) is 2. The fraction of sp³-hybridized carbons (Fsp3) is 0.929. The largest absolute Gasteiger partial charge is 0.377 e. The van der Waals surface area contributed by atoms with Crippen LogP contribution in [0.4, 0.5) is 0 Å². The number of guanidine groups is 1. The molecular formula is C14H27N3O.